The molecule has 240 valence electrons. The number of carbonyl (C=O) groups is 1. The van der Waals surface area contributed by atoms with Crippen LogP contribution in [0.2, 0.25) is 10.0 Å². The maximum absolute atomic E-state index is 15.5. The van der Waals surface area contributed by atoms with Crippen molar-refractivity contribution >= 4 is 29.3 Å². The van der Waals surface area contributed by atoms with Crippen molar-refractivity contribution in [2.24, 2.45) is 5.92 Å². The molecule has 12 heteroatoms. The molecule has 0 saturated carbocycles. The van der Waals surface area contributed by atoms with Crippen LogP contribution < -0.4 is 9.47 Å². The average molecular weight is 669 g/mol. The normalized spacial score (nSPS) is 18.2. The number of piperidine rings is 1. The van der Waals surface area contributed by atoms with Gasteiger partial charge in [0.05, 0.1) is 42.8 Å². The first-order valence-electron chi connectivity index (χ1n) is 14.8. The average Bonchev–Trinajstić information content (AvgIpc) is 3.47. The number of nitriles is 1. The van der Waals surface area contributed by atoms with Gasteiger partial charge in [-0.3, -0.25) is 0 Å². The fraction of sp³-hybridized carbons (Fsp3) is 0.353. The fourth-order valence-corrected chi connectivity index (χ4v) is 6.27. The highest BCUT2D eigenvalue weighted by molar-refractivity contribution is 6.32. The van der Waals surface area contributed by atoms with Gasteiger partial charge in [0.25, 0.3) is 0 Å². The number of amides is 1. The Labute approximate surface area is 276 Å². The number of benzene rings is 3. The van der Waals surface area contributed by atoms with Crippen molar-refractivity contribution in [2.45, 2.75) is 52.5 Å². The molecule has 46 heavy (non-hydrogen) atoms. The van der Waals surface area contributed by atoms with Crippen molar-refractivity contribution < 1.29 is 32.7 Å². The first-order chi connectivity index (χ1) is 21.8. The van der Waals surface area contributed by atoms with Crippen LogP contribution in [-0.4, -0.2) is 51.1 Å². The van der Waals surface area contributed by atoms with E-state index in [1.54, 1.807) is 0 Å². The molecule has 1 aliphatic rings. The molecule has 2 heterocycles. The van der Waals surface area contributed by atoms with Gasteiger partial charge in [0, 0.05) is 22.1 Å². The summed E-state index contributed by atoms with van der Waals surface area (Å²) >= 11 is 12.3. The van der Waals surface area contributed by atoms with E-state index in [4.69, 9.17) is 37.1 Å². The molecular formula is C34H34Cl2FN4O5+. The number of hydrogen-bond acceptors (Lipinski definition) is 7. The lowest BCUT2D eigenvalue weighted by molar-refractivity contribution is -0.911. The number of halogens is 3. The van der Waals surface area contributed by atoms with Crippen LogP contribution in [0.25, 0.3) is 11.5 Å². The summed E-state index contributed by atoms with van der Waals surface area (Å²) in [5, 5.41) is 27.9. The van der Waals surface area contributed by atoms with E-state index in [0.717, 1.165) is 18.4 Å². The summed E-state index contributed by atoms with van der Waals surface area (Å²) in [6.07, 6.45) is 0.929. The summed E-state index contributed by atoms with van der Waals surface area (Å²) in [6.45, 7) is 9.37. The van der Waals surface area contributed by atoms with Gasteiger partial charge in [-0.25, -0.2) is 8.87 Å². The van der Waals surface area contributed by atoms with Gasteiger partial charge >= 0.3 is 6.09 Å². The Hall–Kier alpha value is -4.17. The molecule has 1 fully saturated rings. The van der Waals surface area contributed by atoms with Crippen molar-refractivity contribution in [3.8, 4) is 34.8 Å². The van der Waals surface area contributed by atoms with Crippen LogP contribution in [0.5, 0.6) is 17.2 Å². The van der Waals surface area contributed by atoms with Gasteiger partial charge in [-0.2, -0.15) is 10.1 Å². The number of aromatic nitrogens is 2. The van der Waals surface area contributed by atoms with Gasteiger partial charge in [0.2, 0.25) is 11.8 Å². The third kappa shape index (κ3) is 6.97. The molecule has 4 aromatic rings. The summed E-state index contributed by atoms with van der Waals surface area (Å²) in [4.78, 5) is 12.3. The molecule has 0 bridgehead atoms. The molecule has 0 spiro atoms. The summed E-state index contributed by atoms with van der Waals surface area (Å²) in [5.74, 6) is 0.483. The Morgan fingerprint density at radius 2 is 1.93 bits per heavy atom. The Kier molecular flexibility index (Phi) is 9.59. The van der Waals surface area contributed by atoms with Crippen molar-refractivity contribution in [1.29, 1.82) is 5.26 Å². The lowest BCUT2D eigenvalue weighted by atomic mass is 9.90. The Morgan fingerprint density at radius 1 is 1.15 bits per heavy atom. The van der Waals surface area contributed by atoms with Crippen LogP contribution >= 0.6 is 23.2 Å². The fourth-order valence-electron chi connectivity index (χ4n) is 5.86. The molecule has 1 saturated heterocycles. The quantitative estimate of drug-likeness (QED) is 0.185. The second-order valence-corrected chi connectivity index (χ2v) is 13.4. The monoisotopic (exact) mass is 667 g/mol. The van der Waals surface area contributed by atoms with Crippen LogP contribution in [0, 0.1) is 30.0 Å². The molecule has 1 unspecified atom stereocenters. The number of quaternary nitrogens is 1. The second kappa shape index (κ2) is 13.3. The minimum absolute atomic E-state index is 0.0160. The zero-order valence-electron chi connectivity index (χ0n) is 25.9. The van der Waals surface area contributed by atoms with E-state index >= 15 is 4.39 Å². The number of rotatable bonds is 8. The van der Waals surface area contributed by atoms with Crippen LogP contribution in [0.1, 0.15) is 56.2 Å². The number of ether oxygens (including phenoxy) is 2. The van der Waals surface area contributed by atoms with E-state index in [1.165, 1.54) is 30.3 Å². The Morgan fingerprint density at radius 3 is 2.63 bits per heavy atom. The molecule has 0 aliphatic carbocycles. The molecule has 5 rings (SSSR count). The highest BCUT2D eigenvalue weighted by atomic mass is 35.5. The maximum Gasteiger partial charge on any atom is 0.513 e. The first-order valence-corrected chi connectivity index (χ1v) is 15.6. The molecule has 3 aromatic carbocycles. The first kappa shape index (κ1) is 33.2. The molecule has 9 nitrogen and oxygen atoms in total. The smallest absolute Gasteiger partial charge is 0.493 e. The molecule has 0 radical (unpaired) electrons. The van der Waals surface area contributed by atoms with Crippen molar-refractivity contribution in [3.05, 3.63) is 87.0 Å². The van der Waals surface area contributed by atoms with E-state index in [0.29, 0.717) is 31.0 Å². The van der Waals surface area contributed by atoms with Gasteiger partial charge in [-0.05, 0) is 88.6 Å². The topological polar surface area (TPSA) is 118 Å². The van der Waals surface area contributed by atoms with Crippen molar-refractivity contribution in [2.75, 3.05) is 19.7 Å². The number of nitrogens with zero attached hydrogens (tertiary/aromatic N) is 4. The van der Waals surface area contributed by atoms with Gasteiger partial charge in [0.1, 0.15) is 17.0 Å². The van der Waals surface area contributed by atoms with E-state index in [9.17, 15) is 15.2 Å². The van der Waals surface area contributed by atoms with Crippen molar-refractivity contribution in [1.82, 2.24) is 10.2 Å². The van der Waals surface area contributed by atoms with Crippen LogP contribution in [0.3, 0.4) is 0 Å². The minimum atomic E-state index is -0.795. The predicted molar refractivity (Wildman–Crippen MR) is 171 cm³/mol. The maximum atomic E-state index is 15.5. The van der Waals surface area contributed by atoms with E-state index in [1.807, 2.05) is 52.0 Å². The summed E-state index contributed by atoms with van der Waals surface area (Å²) < 4.78 is 33.3. The molecule has 1 N–H and O–H groups in total. The van der Waals surface area contributed by atoms with Gasteiger partial charge in [-0.15, -0.1) is 10.2 Å². The predicted octanol–water partition coefficient (Wildman–Crippen LogP) is 8.83. The van der Waals surface area contributed by atoms with Gasteiger partial charge in [-0.1, -0.05) is 29.3 Å². The van der Waals surface area contributed by atoms with Crippen LogP contribution in [-0.2, 0) is 6.42 Å². The summed E-state index contributed by atoms with van der Waals surface area (Å²) in [5.41, 5.74) is 1.61. The lowest BCUT2D eigenvalue weighted by Crippen LogP contribution is -2.67. The van der Waals surface area contributed by atoms with Crippen LogP contribution in [0.4, 0.5) is 9.18 Å². The zero-order valence-corrected chi connectivity index (χ0v) is 27.5. The van der Waals surface area contributed by atoms with Gasteiger partial charge < -0.3 is 19.0 Å². The third-order valence-corrected chi connectivity index (χ3v) is 8.96. The lowest BCUT2D eigenvalue weighted by Gasteiger charge is -2.47. The summed E-state index contributed by atoms with van der Waals surface area (Å²) in [6, 6.07) is 14.9. The molecule has 1 amide bonds. The van der Waals surface area contributed by atoms with Crippen LogP contribution in [0.15, 0.2) is 52.9 Å². The number of likely N-dealkylation sites (tertiary alicyclic amines) is 1. The van der Waals surface area contributed by atoms with E-state index in [-0.39, 0.29) is 61.3 Å². The zero-order chi connectivity index (χ0) is 33.2. The van der Waals surface area contributed by atoms with E-state index in [2.05, 4.69) is 10.2 Å². The molecule has 1 aromatic heterocycles. The number of hydrogen-bond donors (Lipinski definition) is 1. The highest BCUT2D eigenvalue weighted by Gasteiger charge is 2.50. The largest absolute Gasteiger partial charge is 0.513 e. The SMILES string of the molecule is Cc1cc(OC[C@@H]2CCC[N+](C(=O)O)(C(C)(C)C)C2)ccc1-c1nnc(Cc2ccc(Cl)c(Oc3cc(Cl)cc(C#N)c3)c2F)o1. The van der Waals surface area contributed by atoms with E-state index < -0.39 is 17.4 Å². The Bertz CT molecular complexity index is 1820. The third-order valence-electron chi connectivity index (χ3n) is 8.44. The van der Waals surface area contributed by atoms with Gasteiger partial charge in [0.15, 0.2) is 11.6 Å². The summed E-state index contributed by atoms with van der Waals surface area (Å²) in [7, 11) is 0. The Balaban J connectivity index is 1.26. The molecule has 2 atom stereocenters. The van der Waals surface area contributed by atoms with Crippen molar-refractivity contribution in [3.63, 3.8) is 0 Å². The molecule has 1 aliphatic heterocycles. The number of carboxylic acid groups (broad SMARTS) is 1. The number of aryl methyl sites for hydroxylation is 1. The second-order valence-electron chi connectivity index (χ2n) is 12.5. The minimum Gasteiger partial charge on any atom is -0.493 e. The standard InChI is InChI=1S/C34H33Cl2FN4O5/c1-20-12-25(44-19-21-6-5-11-41(18-21,33(42)43)34(2,3)4)8-9-27(20)32-40-39-29(46-32)15-23-7-10-28(36)31(30(23)37)45-26-14-22(17-38)13-24(35)16-26/h7-10,12-14,16,21H,5-6,11,15,18-19H2,1-4H3/p+1/t21-,41?/m1/s1. The molecular weight excluding hydrogens is 634 g/mol. The highest BCUT2D eigenvalue weighted by Crippen LogP contribution is 2.37.